The Morgan fingerprint density at radius 2 is 1.50 bits per heavy atom. The molecule has 0 spiro atoms. The monoisotopic (exact) mass is 760 g/mol. The molecule has 13 heteroatoms. The van der Waals surface area contributed by atoms with Crippen LogP contribution in [-0.2, 0) is 19.6 Å². The molecule has 0 saturated carbocycles. The first-order valence-corrected chi connectivity index (χ1v) is 20.3. The van der Waals surface area contributed by atoms with Crippen LogP contribution in [0.1, 0.15) is 75.9 Å². The van der Waals surface area contributed by atoms with E-state index in [0.717, 1.165) is 16.7 Å². The van der Waals surface area contributed by atoms with E-state index in [2.05, 4.69) is 11.1 Å². The fraction of sp³-hybridized carbons (Fsp3) is 0.439. The van der Waals surface area contributed by atoms with Gasteiger partial charge in [0.25, 0.3) is 0 Å². The van der Waals surface area contributed by atoms with Crippen molar-refractivity contribution < 1.29 is 28.4 Å². The average molecular weight is 761 g/mol. The molecule has 0 unspecified atom stereocenters. The van der Waals surface area contributed by atoms with E-state index in [-0.39, 0.29) is 37.7 Å². The van der Waals surface area contributed by atoms with Crippen LogP contribution in [0.25, 0.3) is 0 Å². The van der Waals surface area contributed by atoms with Crippen LogP contribution in [0.2, 0.25) is 0 Å². The number of hydrogen-bond donors (Lipinski definition) is 2. The molecule has 5 rings (SSSR count). The third kappa shape index (κ3) is 8.32. The van der Waals surface area contributed by atoms with Crippen LogP contribution in [0.4, 0.5) is 0 Å². The van der Waals surface area contributed by atoms with Crippen molar-refractivity contribution in [2.75, 3.05) is 27.0 Å². The number of aromatic amines is 1. The molecule has 1 fully saturated rings. The number of aryl methyl sites for hydroxylation is 1. The van der Waals surface area contributed by atoms with E-state index in [9.17, 15) is 19.7 Å². The topological polar surface area (TPSA) is 148 Å². The maximum absolute atomic E-state index is 13.2. The Balaban J connectivity index is 1.67. The molecule has 0 aliphatic carbocycles. The van der Waals surface area contributed by atoms with Crippen LogP contribution < -0.4 is 20.7 Å². The molecule has 290 valence electrons. The van der Waals surface area contributed by atoms with E-state index in [1.54, 1.807) is 21.1 Å². The van der Waals surface area contributed by atoms with Crippen LogP contribution in [0.15, 0.2) is 94.6 Å². The second-order valence-electron chi connectivity index (χ2n) is 14.5. The molecular formula is C41H53N4O8P. The van der Waals surface area contributed by atoms with Crippen molar-refractivity contribution in [3.63, 3.8) is 0 Å². The zero-order valence-corrected chi connectivity index (χ0v) is 33.4. The van der Waals surface area contributed by atoms with E-state index < -0.39 is 42.7 Å². The molecule has 1 saturated heterocycles. The molecule has 1 aliphatic rings. The Kier molecular flexibility index (Phi) is 12.8. The maximum atomic E-state index is 13.2. The van der Waals surface area contributed by atoms with Gasteiger partial charge in [0.2, 0.25) is 0 Å². The van der Waals surface area contributed by atoms with Gasteiger partial charge in [-0.1, -0.05) is 0 Å². The summed E-state index contributed by atoms with van der Waals surface area (Å²) in [7, 11) is -0.624. The zero-order valence-electron chi connectivity index (χ0n) is 32.4. The van der Waals surface area contributed by atoms with Crippen LogP contribution in [0, 0.1) is 18.3 Å². The third-order valence-corrected chi connectivity index (χ3v) is 13.7. The number of nitrogens with zero attached hydrogens (tertiary/aromatic N) is 3. The summed E-state index contributed by atoms with van der Waals surface area (Å²) in [5.41, 5.74) is -0.715. The van der Waals surface area contributed by atoms with E-state index in [0.29, 0.717) is 17.1 Å². The first-order valence-electron chi connectivity index (χ1n) is 18.2. The molecule has 0 amide bonds. The summed E-state index contributed by atoms with van der Waals surface area (Å²) in [6.45, 7) is 11.4. The average Bonchev–Trinajstić information content (AvgIpc) is 3.47. The number of hydrogen-bond acceptors (Lipinski definition) is 10. The second kappa shape index (κ2) is 17.0. The Hall–Kier alpha value is -4.34. The van der Waals surface area contributed by atoms with Gasteiger partial charge in [0.15, 0.2) is 0 Å². The molecule has 2 N–H and O–H groups in total. The molecule has 54 heavy (non-hydrogen) atoms. The molecule has 3 aromatic carbocycles. The van der Waals surface area contributed by atoms with Gasteiger partial charge >= 0.3 is 318 Å². The molecule has 2 heterocycles. The van der Waals surface area contributed by atoms with E-state index >= 15 is 0 Å². The summed E-state index contributed by atoms with van der Waals surface area (Å²) < 4.78 is 35.4. The summed E-state index contributed by atoms with van der Waals surface area (Å²) in [6.07, 6.45) is 0.125. The molecule has 0 bridgehead atoms. The fourth-order valence-electron chi connectivity index (χ4n) is 7.65. The minimum atomic E-state index is -3.85. The quantitative estimate of drug-likeness (QED) is 0.0964. The molecule has 1 aliphatic heterocycles. The van der Waals surface area contributed by atoms with Gasteiger partial charge in [-0.15, -0.1) is 0 Å². The van der Waals surface area contributed by atoms with Crippen molar-refractivity contribution in [2.24, 2.45) is 0 Å². The number of nitriles is 1. The molecular weight excluding hydrogens is 707 g/mol. The Labute approximate surface area is 317 Å². The Bertz CT molecular complexity index is 1960. The van der Waals surface area contributed by atoms with Gasteiger partial charge in [-0.3, -0.25) is 0 Å². The molecule has 0 radical (unpaired) electrons. The normalized spacial score (nSPS) is 19.3. The number of rotatable bonds is 16. The number of H-pyrrole nitrogens is 1. The third-order valence-electron chi connectivity index (χ3n) is 10.1. The SMILES string of the molecule is COc1ccc(C(OC[C@H]2O[C@@H](n3cc(C)c(=O)[nH]c3=O)C[C@]2(C)O[PH](O)(CCC#N)N(C(C)C)C(C)C)(c2ccccc2)c2ccc(OC)cc2)cc1. The standard InChI is InChI=1S/C41H53N4O8P/c1-28(2)45(29(3)4)54(48,24-12-23-42)53-40(6)25-37(44-26-30(5)38(46)43-39(44)47)52-36(40)27-51-41(31-13-10-9-11-14-31,32-15-19-34(49-7)20-16-32)33-17-21-35(50-8)22-18-33/h9-11,13-22,26,28-29,36-37,48,54H,12,24-25,27H2,1-8H3,(H,43,46,47)/t36-,37-,40+/m1/s1. The van der Waals surface area contributed by atoms with Crippen molar-refractivity contribution in [3.05, 3.63) is 128 Å². The Morgan fingerprint density at radius 3 is 2.00 bits per heavy atom. The van der Waals surface area contributed by atoms with Gasteiger partial charge in [-0.25, -0.2) is 0 Å². The van der Waals surface area contributed by atoms with Crippen molar-refractivity contribution in [1.82, 2.24) is 14.2 Å². The Morgan fingerprint density at radius 1 is 0.963 bits per heavy atom. The molecule has 4 aromatic rings. The van der Waals surface area contributed by atoms with Gasteiger partial charge in [0.05, 0.1) is 0 Å². The van der Waals surface area contributed by atoms with Crippen molar-refractivity contribution in [2.45, 2.75) is 90.0 Å². The van der Waals surface area contributed by atoms with E-state index in [1.165, 1.54) is 10.8 Å². The van der Waals surface area contributed by atoms with Gasteiger partial charge in [-0.2, -0.15) is 0 Å². The summed E-state index contributed by atoms with van der Waals surface area (Å²) in [6, 6.07) is 27.2. The van der Waals surface area contributed by atoms with Crippen molar-refractivity contribution in [1.29, 1.82) is 5.26 Å². The first kappa shape index (κ1) is 40.8. The number of ether oxygens (including phenoxy) is 4. The number of nitrogens with one attached hydrogen (secondary N) is 1. The van der Waals surface area contributed by atoms with Crippen molar-refractivity contribution >= 4 is 7.87 Å². The fourth-order valence-corrected chi connectivity index (χ4v) is 11.1. The van der Waals surface area contributed by atoms with Gasteiger partial charge in [0, 0.05) is 0 Å². The predicted octanol–water partition coefficient (Wildman–Crippen LogP) is 6.45. The molecule has 3 atom stereocenters. The summed E-state index contributed by atoms with van der Waals surface area (Å²) >= 11 is 0. The van der Waals surface area contributed by atoms with Crippen LogP contribution >= 0.6 is 7.87 Å². The molecule has 1 aromatic heterocycles. The van der Waals surface area contributed by atoms with E-state index in [4.69, 9.17) is 23.5 Å². The van der Waals surface area contributed by atoms with Crippen LogP contribution in [0.5, 0.6) is 11.5 Å². The van der Waals surface area contributed by atoms with Gasteiger partial charge in [-0.05, 0) is 0 Å². The first-order chi connectivity index (χ1) is 25.7. The van der Waals surface area contributed by atoms with Gasteiger partial charge in [0.1, 0.15) is 0 Å². The number of benzene rings is 3. The van der Waals surface area contributed by atoms with E-state index in [1.807, 2.05) is 118 Å². The minimum absolute atomic E-state index is 0.0525. The summed E-state index contributed by atoms with van der Waals surface area (Å²) in [5, 5.41) is 9.66. The summed E-state index contributed by atoms with van der Waals surface area (Å²) in [5.74, 6) is 1.36. The predicted molar refractivity (Wildman–Crippen MR) is 210 cm³/mol. The van der Waals surface area contributed by atoms with Crippen LogP contribution in [-0.4, -0.2) is 69.9 Å². The van der Waals surface area contributed by atoms with Gasteiger partial charge < -0.3 is 0 Å². The summed E-state index contributed by atoms with van der Waals surface area (Å²) in [4.78, 5) is 40.6. The number of methoxy groups -OCH3 is 2. The molecule has 12 nitrogen and oxygen atoms in total. The van der Waals surface area contributed by atoms with Crippen molar-refractivity contribution in [3.8, 4) is 17.6 Å². The second-order valence-corrected chi connectivity index (χ2v) is 17.2. The van der Waals surface area contributed by atoms with Crippen LogP contribution in [0.3, 0.4) is 0 Å². The number of aromatic nitrogens is 2. The zero-order chi connectivity index (χ0) is 39.3.